The number of hydrogen-bond donors (Lipinski definition) is 0. The molecule has 0 unspecified atom stereocenters. The predicted molar refractivity (Wildman–Crippen MR) is 48.2 cm³/mol. The van der Waals surface area contributed by atoms with Gasteiger partial charge >= 0.3 is 0 Å². The largest absolute Gasteiger partial charge is 0.128 e. The van der Waals surface area contributed by atoms with Gasteiger partial charge in [0.05, 0.1) is 4.34 Å². The monoisotopic (exact) mass is 174 g/mol. The minimum absolute atomic E-state index is 0.553. The van der Waals surface area contributed by atoms with Crippen LogP contribution in [0, 0.1) is 6.92 Å². The van der Waals surface area contributed by atoms with Gasteiger partial charge in [-0.2, -0.15) is 0 Å². The van der Waals surface area contributed by atoms with Crippen molar-refractivity contribution in [3.05, 3.63) is 20.8 Å². The Bertz CT molecular complexity index is 225. The van der Waals surface area contributed by atoms with Gasteiger partial charge in [0, 0.05) is 4.88 Å². The molecule has 1 aromatic rings. The van der Waals surface area contributed by atoms with Crippen molar-refractivity contribution in [2.45, 2.75) is 26.7 Å². The first kappa shape index (κ1) is 8.09. The SMILES string of the molecule is Cc1cc(C(C)C)c(Cl)s1. The summed E-state index contributed by atoms with van der Waals surface area (Å²) in [5, 5.41) is 0. The van der Waals surface area contributed by atoms with E-state index in [-0.39, 0.29) is 0 Å². The van der Waals surface area contributed by atoms with E-state index in [0.717, 1.165) is 4.34 Å². The molecule has 0 aliphatic carbocycles. The van der Waals surface area contributed by atoms with Crippen molar-refractivity contribution in [3.8, 4) is 0 Å². The molecule has 0 aromatic carbocycles. The van der Waals surface area contributed by atoms with Crippen molar-refractivity contribution in [1.82, 2.24) is 0 Å². The number of hydrogen-bond acceptors (Lipinski definition) is 1. The van der Waals surface area contributed by atoms with Gasteiger partial charge in [-0.1, -0.05) is 25.4 Å². The molecule has 0 aliphatic rings. The van der Waals surface area contributed by atoms with Crippen LogP contribution in [0.25, 0.3) is 0 Å². The molecule has 0 aliphatic heterocycles. The third kappa shape index (κ3) is 1.53. The minimum Gasteiger partial charge on any atom is -0.128 e. The highest BCUT2D eigenvalue weighted by Gasteiger charge is 2.06. The van der Waals surface area contributed by atoms with Gasteiger partial charge in [0.25, 0.3) is 0 Å². The molecule has 10 heavy (non-hydrogen) atoms. The van der Waals surface area contributed by atoms with E-state index in [4.69, 9.17) is 11.6 Å². The highest BCUT2D eigenvalue weighted by atomic mass is 35.5. The number of halogens is 1. The first-order valence-corrected chi connectivity index (χ1v) is 4.56. The van der Waals surface area contributed by atoms with Gasteiger partial charge in [0.15, 0.2) is 0 Å². The lowest BCUT2D eigenvalue weighted by atomic mass is 10.1. The molecule has 56 valence electrons. The van der Waals surface area contributed by atoms with Crippen LogP contribution in [0.5, 0.6) is 0 Å². The van der Waals surface area contributed by atoms with Gasteiger partial charge in [0.1, 0.15) is 0 Å². The number of aryl methyl sites for hydroxylation is 1. The zero-order valence-electron chi connectivity index (χ0n) is 6.44. The molecule has 2 heteroatoms. The minimum atomic E-state index is 0.553. The third-order valence-corrected chi connectivity index (χ3v) is 2.76. The fraction of sp³-hybridized carbons (Fsp3) is 0.500. The van der Waals surface area contributed by atoms with Crippen LogP contribution < -0.4 is 0 Å². The van der Waals surface area contributed by atoms with Crippen LogP contribution in [0.2, 0.25) is 4.34 Å². The molecule has 0 amide bonds. The van der Waals surface area contributed by atoms with Crippen molar-refractivity contribution < 1.29 is 0 Å². The second kappa shape index (κ2) is 2.93. The first-order valence-electron chi connectivity index (χ1n) is 3.37. The topological polar surface area (TPSA) is 0 Å². The van der Waals surface area contributed by atoms with Crippen LogP contribution in [-0.2, 0) is 0 Å². The van der Waals surface area contributed by atoms with Crippen LogP contribution in [0.4, 0.5) is 0 Å². The standard InChI is InChI=1S/C8H11ClS/c1-5(2)7-4-6(3)10-8(7)9/h4-5H,1-3H3. The predicted octanol–water partition coefficient (Wildman–Crippen LogP) is 3.83. The van der Waals surface area contributed by atoms with E-state index >= 15 is 0 Å². The first-order chi connectivity index (χ1) is 4.61. The Morgan fingerprint density at radius 2 is 2.10 bits per heavy atom. The molecule has 1 aromatic heterocycles. The Hall–Kier alpha value is -0.0100. The van der Waals surface area contributed by atoms with E-state index in [1.807, 2.05) is 0 Å². The molecule has 0 saturated carbocycles. The van der Waals surface area contributed by atoms with Crippen molar-refractivity contribution in [2.24, 2.45) is 0 Å². The zero-order valence-corrected chi connectivity index (χ0v) is 8.01. The Morgan fingerprint density at radius 3 is 2.30 bits per heavy atom. The van der Waals surface area contributed by atoms with Crippen molar-refractivity contribution in [3.63, 3.8) is 0 Å². The lowest BCUT2D eigenvalue weighted by Gasteiger charge is -1.99. The van der Waals surface area contributed by atoms with Crippen molar-refractivity contribution in [2.75, 3.05) is 0 Å². The second-order valence-corrected chi connectivity index (χ2v) is 4.60. The molecular formula is C8H11ClS. The molecule has 1 heterocycles. The Balaban J connectivity index is 3.03. The second-order valence-electron chi connectivity index (χ2n) is 2.74. The molecule has 0 nitrogen and oxygen atoms in total. The molecule has 0 radical (unpaired) electrons. The molecule has 0 atom stereocenters. The number of rotatable bonds is 1. The molecule has 0 bridgehead atoms. The van der Waals surface area contributed by atoms with Crippen LogP contribution in [-0.4, -0.2) is 0 Å². The van der Waals surface area contributed by atoms with E-state index in [1.165, 1.54) is 10.4 Å². The lowest BCUT2D eigenvalue weighted by Crippen LogP contribution is -1.81. The van der Waals surface area contributed by atoms with Crippen LogP contribution >= 0.6 is 22.9 Å². The van der Waals surface area contributed by atoms with E-state index in [0.29, 0.717) is 5.92 Å². The Labute approximate surface area is 70.8 Å². The molecule has 0 spiro atoms. The lowest BCUT2D eigenvalue weighted by molar-refractivity contribution is 0.872. The van der Waals surface area contributed by atoms with Crippen LogP contribution in [0.15, 0.2) is 6.07 Å². The smallest absolute Gasteiger partial charge is 0.0965 e. The molecule has 0 saturated heterocycles. The van der Waals surface area contributed by atoms with Crippen LogP contribution in [0.3, 0.4) is 0 Å². The maximum absolute atomic E-state index is 5.96. The van der Waals surface area contributed by atoms with Crippen molar-refractivity contribution in [1.29, 1.82) is 0 Å². The summed E-state index contributed by atoms with van der Waals surface area (Å²) in [5.41, 5.74) is 1.28. The summed E-state index contributed by atoms with van der Waals surface area (Å²) in [4.78, 5) is 1.30. The summed E-state index contributed by atoms with van der Waals surface area (Å²) in [6.07, 6.45) is 0. The maximum Gasteiger partial charge on any atom is 0.0965 e. The van der Waals surface area contributed by atoms with Crippen LogP contribution in [0.1, 0.15) is 30.2 Å². The number of thiophene rings is 1. The summed E-state index contributed by atoms with van der Waals surface area (Å²) in [7, 11) is 0. The summed E-state index contributed by atoms with van der Waals surface area (Å²) < 4.78 is 0.951. The van der Waals surface area contributed by atoms with E-state index in [9.17, 15) is 0 Å². The van der Waals surface area contributed by atoms with Gasteiger partial charge < -0.3 is 0 Å². The van der Waals surface area contributed by atoms with E-state index in [1.54, 1.807) is 11.3 Å². The summed E-state index contributed by atoms with van der Waals surface area (Å²) >= 11 is 7.62. The van der Waals surface area contributed by atoms with Gasteiger partial charge in [0.2, 0.25) is 0 Å². The van der Waals surface area contributed by atoms with E-state index < -0.39 is 0 Å². The molecular weight excluding hydrogens is 164 g/mol. The van der Waals surface area contributed by atoms with Gasteiger partial charge in [-0.15, -0.1) is 11.3 Å². The normalized spacial score (nSPS) is 10.9. The Morgan fingerprint density at radius 1 is 1.50 bits per heavy atom. The van der Waals surface area contributed by atoms with Crippen molar-refractivity contribution >= 4 is 22.9 Å². The quantitative estimate of drug-likeness (QED) is 0.607. The summed E-state index contributed by atoms with van der Waals surface area (Å²) in [5.74, 6) is 0.553. The van der Waals surface area contributed by atoms with Gasteiger partial charge in [-0.25, -0.2) is 0 Å². The molecule has 0 N–H and O–H groups in total. The third-order valence-electron chi connectivity index (χ3n) is 1.46. The Kier molecular flexibility index (Phi) is 2.37. The van der Waals surface area contributed by atoms with Gasteiger partial charge in [-0.05, 0) is 24.5 Å². The zero-order chi connectivity index (χ0) is 7.72. The summed E-state index contributed by atoms with van der Waals surface area (Å²) in [6.45, 7) is 6.41. The maximum atomic E-state index is 5.96. The molecule has 1 rings (SSSR count). The van der Waals surface area contributed by atoms with Gasteiger partial charge in [-0.3, -0.25) is 0 Å². The average molecular weight is 175 g/mol. The molecule has 0 fully saturated rings. The fourth-order valence-electron chi connectivity index (χ4n) is 0.899. The average Bonchev–Trinajstić information content (AvgIpc) is 2.10. The summed E-state index contributed by atoms with van der Waals surface area (Å²) in [6, 6.07) is 2.16. The van der Waals surface area contributed by atoms with E-state index in [2.05, 4.69) is 26.8 Å². The highest BCUT2D eigenvalue weighted by molar-refractivity contribution is 7.16. The highest BCUT2D eigenvalue weighted by Crippen LogP contribution is 2.31. The fourth-order valence-corrected chi connectivity index (χ4v) is 2.42.